The van der Waals surface area contributed by atoms with Crippen LogP contribution in [0, 0.1) is 0 Å². The molecule has 1 heterocycles. The molecule has 0 aromatic carbocycles. The third kappa shape index (κ3) is 3.57. The number of aliphatic hydroxyl groups is 1. The average Bonchev–Trinajstić information content (AvgIpc) is 2.20. The van der Waals surface area contributed by atoms with Gasteiger partial charge >= 0.3 is 0 Å². The van der Waals surface area contributed by atoms with Crippen LogP contribution in [0.3, 0.4) is 0 Å². The summed E-state index contributed by atoms with van der Waals surface area (Å²) in [7, 11) is 1.58. The fourth-order valence-electron chi connectivity index (χ4n) is 0.943. The SMILES string of the molecule is COCC(CO)Nc1ccc(Br)nn1. The largest absolute Gasteiger partial charge is 0.394 e. The predicted molar refractivity (Wildman–Crippen MR) is 56.1 cm³/mol. The van der Waals surface area contributed by atoms with Crippen LogP contribution in [0.25, 0.3) is 0 Å². The smallest absolute Gasteiger partial charge is 0.149 e. The normalized spacial score (nSPS) is 12.5. The molecule has 0 bridgehead atoms. The molecule has 0 aliphatic carbocycles. The predicted octanol–water partition coefficient (Wildman–Crippen LogP) is 0.658. The Balaban J connectivity index is 2.53. The number of hydrogen-bond acceptors (Lipinski definition) is 5. The van der Waals surface area contributed by atoms with Crippen molar-refractivity contribution in [3.8, 4) is 0 Å². The molecule has 2 N–H and O–H groups in total. The summed E-state index contributed by atoms with van der Waals surface area (Å²) < 4.78 is 5.59. The zero-order chi connectivity index (χ0) is 10.4. The number of halogens is 1. The Hall–Kier alpha value is -0.720. The van der Waals surface area contributed by atoms with Crippen LogP contribution in [0.5, 0.6) is 0 Å². The third-order valence-corrected chi connectivity index (χ3v) is 2.00. The molecule has 6 heteroatoms. The highest BCUT2D eigenvalue weighted by atomic mass is 79.9. The number of nitrogens with zero attached hydrogens (tertiary/aromatic N) is 2. The van der Waals surface area contributed by atoms with Gasteiger partial charge in [0.05, 0.1) is 19.3 Å². The monoisotopic (exact) mass is 261 g/mol. The van der Waals surface area contributed by atoms with Crippen LogP contribution in [-0.4, -0.2) is 41.7 Å². The zero-order valence-corrected chi connectivity index (χ0v) is 9.36. The van der Waals surface area contributed by atoms with Gasteiger partial charge in [0.25, 0.3) is 0 Å². The van der Waals surface area contributed by atoms with E-state index in [4.69, 9.17) is 9.84 Å². The van der Waals surface area contributed by atoms with Crippen molar-refractivity contribution in [3.05, 3.63) is 16.7 Å². The number of hydrogen-bond donors (Lipinski definition) is 2. The minimum absolute atomic E-state index is 0.00835. The molecule has 0 fully saturated rings. The number of aliphatic hydroxyl groups excluding tert-OH is 1. The van der Waals surface area contributed by atoms with E-state index < -0.39 is 0 Å². The Kier molecular flexibility index (Phi) is 4.78. The Morgan fingerprint density at radius 1 is 1.57 bits per heavy atom. The molecule has 5 nitrogen and oxygen atoms in total. The molecule has 0 amide bonds. The maximum absolute atomic E-state index is 8.97. The molecule has 78 valence electrons. The lowest BCUT2D eigenvalue weighted by Crippen LogP contribution is -2.29. The standard InChI is InChI=1S/C8H12BrN3O2/c1-14-5-6(4-13)10-8-3-2-7(9)11-12-8/h2-3,6,13H,4-5H2,1H3,(H,10,12). The van der Waals surface area contributed by atoms with Gasteiger partial charge in [0.2, 0.25) is 0 Å². The first kappa shape index (κ1) is 11.4. The van der Waals surface area contributed by atoms with Crippen molar-refractivity contribution < 1.29 is 9.84 Å². The van der Waals surface area contributed by atoms with Crippen molar-refractivity contribution in [2.24, 2.45) is 0 Å². The Bertz CT molecular complexity index is 268. The van der Waals surface area contributed by atoms with Crippen LogP contribution >= 0.6 is 15.9 Å². The summed E-state index contributed by atoms with van der Waals surface area (Å²) in [5, 5.41) is 19.6. The highest BCUT2D eigenvalue weighted by molar-refractivity contribution is 9.10. The van der Waals surface area contributed by atoms with Crippen molar-refractivity contribution in [2.75, 3.05) is 25.6 Å². The lowest BCUT2D eigenvalue weighted by Gasteiger charge is -2.14. The second-order valence-electron chi connectivity index (χ2n) is 2.72. The van der Waals surface area contributed by atoms with Crippen LogP contribution in [0.2, 0.25) is 0 Å². The van der Waals surface area contributed by atoms with E-state index in [1.807, 2.05) is 0 Å². The van der Waals surface area contributed by atoms with Gasteiger partial charge in [-0.1, -0.05) is 0 Å². The quantitative estimate of drug-likeness (QED) is 0.815. The van der Waals surface area contributed by atoms with Crippen molar-refractivity contribution in [3.63, 3.8) is 0 Å². The summed E-state index contributed by atoms with van der Waals surface area (Å²) >= 11 is 3.18. The number of nitrogens with one attached hydrogen (secondary N) is 1. The summed E-state index contributed by atoms with van der Waals surface area (Å²) in [4.78, 5) is 0. The van der Waals surface area contributed by atoms with Gasteiger partial charge in [-0.2, -0.15) is 0 Å². The van der Waals surface area contributed by atoms with E-state index >= 15 is 0 Å². The Morgan fingerprint density at radius 2 is 2.36 bits per heavy atom. The maximum Gasteiger partial charge on any atom is 0.149 e. The summed E-state index contributed by atoms with van der Waals surface area (Å²) in [5.74, 6) is 0.615. The number of rotatable bonds is 5. The van der Waals surface area contributed by atoms with Gasteiger partial charge in [-0.25, -0.2) is 0 Å². The van der Waals surface area contributed by atoms with Crippen molar-refractivity contribution in [1.82, 2.24) is 10.2 Å². The van der Waals surface area contributed by atoms with E-state index in [0.717, 1.165) is 0 Å². The van der Waals surface area contributed by atoms with Crippen molar-refractivity contribution in [2.45, 2.75) is 6.04 Å². The first-order chi connectivity index (χ1) is 6.76. The van der Waals surface area contributed by atoms with E-state index in [0.29, 0.717) is 17.0 Å². The number of anilines is 1. The zero-order valence-electron chi connectivity index (χ0n) is 7.77. The van der Waals surface area contributed by atoms with Crippen LogP contribution < -0.4 is 5.32 Å². The van der Waals surface area contributed by atoms with Crippen LogP contribution in [-0.2, 0) is 4.74 Å². The molecule has 1 unspecified atom stereocenters. The number of ether oxygens (including phenoxy) is 1. The molecule has 0 radical (unpaired) electrons. The molecule has 1 aromatic rings. The highest BCUT2D eigenvalue weighted by Crippen LogP contribution is 2.07. The summed E-state index contributed by atoms with van der Waals surface area (Å²) in [6.45, 7) is 0.416. The van der Waals surface area contributed by atoms with E-state index in [-0.39, 0.29) is 12.6 Å². The Labute approximate surface area is 90.6 Å². The minimum Gasteiger partial charge on any atom is -0.394 e. The van der Waals surface area contributed by atoms with Gasteiger partial charge in [-0.05, 0) is 28.1 Å². The number of aromatic nitrogens is 2. The minimum atomic E-state index is -0.157. The van der Waals surface area contributed by atoms with E-state index in [1.165, 1.54) is 0 Å². The molecule has 1 aromatic heterocycles. The molecule has 0 aliphatic rings. The topological polar surface area (TPSA) is 67.3 Å². The van der Waals surface area contributed by atoms with Gasteiger partial charge in [0.1, 0.15) is 10.4 Å². The maximum atomic E-state index is 8.97. The molecular formula is C8H12BrN3O2. The van der Waals surface area contributed by atoms with Crippen LogP contribution in [0.15, 0.2) is 16.7 Å². The highest BCUT2D eigenvalue weighted by Gasteiger charge is 2.07. The van der Waals surface area contributed by atoms with Gasteiger partial charge < -0.3 is 15.2 Å². The second-order valence-corrected chi connectivity index (χ2v) is 3.53. The van der Waals surface area contributed by atoms with Crippen molar-refractivity contribution in [1.29, 1.82) is 0 Å². The van der Waals surface area contributed by atoms with Crippen LogP contribution in [0.1, 0.15) is 0 Å². The van der Waals surface area contributed by atoms with Gasteiger partial charge in [0, 0.05) is 7.11 Å². The van der Waals surface area contributed by atoms with E-state index in [9.17, 15) is 0 Å². The fourth-order valence-corrected chi connectivity index (χ4v) is 1.15. The molecule has 1 atom stereocenters. The first-order valence-electron chi connectivity index (χ1n) is 4.12. The third-order valence-electron chi connectivity index (χ3n) is 1.57. The lowest BCUT2D eigenvalue weighted by molar-refractivity contribution is 0.153. The van der Waals surface area contributed by atoms with Crippen LogP contribution in [0.4, 0.5) is 5.82 Å². The van der Waals surface area contributed by atoms with E-state index in [1.54, 1.807) is 19.2 Å². The van der Waals surface area contributed by atoms with Gasteiger partial charge in [0.15, 0.2) is 0 Å². The molecule has 14 heavy (non-hydrogen) atoms. The Morgan fingerprint density at radius 3 is 2.86 bits per heavy atom. The average molecular weight is 262 g/mol. The molecule has 1 rings (SSSR count). The summed E-state index contributed by atoms with van der Waals surface area (Å²) in [5.41, 5.74) is 0. The number of methoxy groups -OCH3 is 1. The molecule has 0 saturated carbocycles. The molecule has 0 aliphatic heterocycles. The second kappa shape index (κ2) is 5.90. The van der Waals surface area contributed by atoms with Gasteiger partial charge in [-0.3, -0.25) is 0 Å². The van der Waals surface area contributed by atoms with E-state index in [2.05, 4.69) is 31.4 Å². The van der Waals surface area contributed by atoms with Crippen molar-refractivity contribution >= 4 is 21.7 Å². The lowest BCUT2D eigenvalue weighted by atomic mass is 10.3. The first-order valence-corrected chi connectivity index (χ1v) is 4.91. The fraction of sp³-hybridized carbons (Fsp3) is 0.500. The molecular weight excluding hydrogens is 250 g/mol. The summed E-state index contributed by atoms with van der Waals surface area (Å²) in [6, 6.07) is 3.39. The summed E-state index contributed by atoms with van der Waals surface area (Å²) in [6.07, 6.45) is 0. The molecule has 0 spiro atoms. The van der Waals surface area contributed by atoms with Gasteiger partial charge in [-0.15, -0.1) is 10.2 Å². The molecule has 0 saturated heterocycles.